The van der Waals surface area contributed by atoms with Crippen molar-refractivity contribution in [2.24, 2.45) is 0 Å². The summed E-state index contributed by atoms with van der Waals surface area (Å²) < 4.78 is 0. The minimum absolute atomic E-state index is 0. The Morgan fingerprint density at radius 3 is 2.40 bits per heavy atom. The normalized spacial score (nSPS) is 19.6. The van der Waals surface area contributed by atoms with E-state index in [-0.39, 0.29) is 42.8 Å². The lowest BCUT2D eigenvalue weighted by Gasteiger charge is -2.32. The number of amides is 1. The molecule has 0 aromatic heterocycles. The number of aryl methyl sites for hydroxylation is 2. The maximum atomic E-state index is 12.5. The van der Waals surface area contributed by atoms with Crippen LogP contribution >= 0.6 is 24.8 Å². The zero-order valence-corrected chi connectivity index (χ0v) is 16.8. The van der Waals surface area contributed by atoms with E-state index in [4.69, 9.17) is 0 Å². The molecule has 6 heteroatoms. The maximum absolute atomic E-state index is 12.5. The highest BCUT2D eigenvalue weighted by Crippen LogP contribution is 2.24. The molecule has 1 aromatic carbocycles. The molecular formula is C19H31Cl2N3O. The van der Waals surface area contributed by atoms with Gasteiger partial charge in [0.15, 0.2) is 0 Å². The van der Waals surface area contributed by atoms with Crippen LogP contribution in [0, 0.1) is 0 Å². The van der Waals surface area contributed by atoms with Crippen molar-refractivity contribution in [3.05, 3.63) is 34.9 Å². The molecule has 1 aliphatic heterocycles. The summed E-state index contributed by atoms with van der Waals surface area (Å²) in [5.41, 5.74) is 4.20. The molecule has 25 heavy (non-hydrogen) atoms. The van der Waals surface area contributed by atoms with Crippen LogP contribution in [0.4, 0.5) is 0 Å². The number of halogens is 2. The van der Waals surface area contributed by atoms with Crippen LogP contribution in [0.5, 0.6) is 0 Å². The number of carbonyl (C=O) groups excluding carboxylic acids is 1. The van der Waals surface area contributed by atoms with E-state index < -0.39 is 0 Å². The fourth-order valence-corrected chi connectivity index (χ4v) is 3.68. The monoisotopic (exact) mass is 387 g/mol. The predicted molar refractivity (Wildman–Crippen MR) is 108 cm³/mol. The lowest BCUT2D eigenvalue weighted by Crippen LogP contribution is -2.52. The van der Waals surface area contributed by atoms with Crippen molar-refractivity contribution in [3.63, 3.8) is 0 Å². The van der Waals surface area contributed by atoms with E-state index in [0.717, 1.165) is 26.2 Å². The Labute approximate surface area is 163 Å². The van der Waals surface area contributed by atoms with E-state index in [1.807, 2.05) is 6.92 Å². The third-order valence-electron chi connectivity index (χ3n) is 5.31. The second-order valence-electron chi connectivity index (χ2n) is 6.93. The van der Waals surface area contributed by atoms with Gasteiger partial charge in [0, 0.05) is 26.2 Å². The molecule has 1 aromatic rings. The number of nitrogens with one attached hydrogen (secondary N) is 2. The van der Waals surface area contributed by atoms with Gasteiger partial charge in [0.05, 0.1) is 12.1 Å². The van der Waals surface area contributed by atoms with Crippen molar-refractivity contribution in [2.75, 3.05) is 26.2 Å². The van der Waals surface area contributed by atoms with Gasteiger partial charge in [-0.05, 0) is 56.2 Å². The van der Waals surface area contributed by atoms with E-state index in [0.29, 0.717) is 0 Å². The van der Waals surface area contributed by atoms with Crippen molar-refractivity contribution in [1.82, 2.24) is 15.5 Å². The molecule has 0 radical (unpaired) electrons. The molecule has 1 aliphatic carbocycles. The Morgan fingerprint density at radius 1 is 1.08 bits per heavy atom. The van der Waals surface area contributed by atoms with Crippen LogP contribution in [-0.2, 0) is 17.6 Å². The quantitative estimate of drug-likeness (QED) is 0.834. The summed E-state index contributed by atoms with van der Waals surface area (Å²) in [7, 11) is 0. The van der Waals surface area contributed by atoms with Crippen LogP contribution in [0.15, 0.2) is 18.2 Å². The Bertz CT molecular complexity index is 562. The Morgan fingerprint density at radius 2 is 1.72 bits per heavy atom. The summed E-state index contributed by atoms with van der Waals surface area (Å²) >= 11 is 0. The van der Waals surface area contributed by atoms with E-state index >= 15 is 0 Å². The lowest BCUT2D eigenvalue weighted by atomic mass is 9.89. The van der Waals surface area contributed by atoms with Gasteiger partial charge in [0.2, 0.25) is 5.91 Å². The highest BCUT2D eigenvalue weighted by atomic mass is 35.5. The third-order valence-corrected chi connectivity index (χ3v) is 5.31. The largest absolute Gasteiger partial charge is 0.348 e. The molecule has 142 valence electrons. The first-order valence-corrected chi connectivity index (χ1v) is 9.02. The molecule has 3 rings (SSSR count). The molecule has 4 nitrogen and oxygen atoms in total. The first kappa shape index (κ1) is 22.2. The predicted octanol–water partition coefficient (Wildman–Crippen LogP) is 2.88. The van der Waals surface area contributed by atoms with Crippen LogP contribution in [0.2, 0.25) is 0 Å². The number of piperazine rings is 1. The smallest absolute Gasteiger partial charge is 0.237 e. The highest BCUT2D eigenvalue weighted by molar-refractivity contribution is 5.85. The molecule has 2 unspecified atom stereocenters. The summed E-state index contributed by atoms with van der Waals surface area (Å²) in [5.74, 6) is 0.136. The van der Waals surface area contributed by atoms with Crippen molar-refractivity contribution >= 4 is 30.7 Å². The number of hydrogen-bond acceptors (Lipinski definition) is 3. The SMILES string of the molecule is CC(NC(=O)C(C)N1CCNCC1)c1ccc2c(c1)CCCC2.Cl.Cl. The minimum atomic E-state index is -0.0582. The van der Waals surface area contributed by atoms with E-state index in [9.17, 15) is 4.79 Å². The van der Waals surface area contributed by atoms with Gasteiger partial charge >= 0.3 is 0 Å². The summed E-state index contributed by atoms with van der Waals surface area (Å²) in [6.07, 6.45) is 4.98. The van der Waals surface area contributed by atoms with Gasteiger partial charge in [0.25, 0.3) is 0 Å². The summed E-state index contributed by atoms with van der Waals surface area (Å²) in [6, 6.07) is 6.75. The molecular weight excluding hydrogens is 357 g/mol. The standard InChI is InChI=1S/C19H29N3O.2ClH/c1-14(17-8-7-16-5-3-4-6-18(16)13-17)21-19(23)15(2)22-11-9-20-10-12-22;;/h7-8,13-15,20H,3-6,9-12H2,1-2H3,(H,21,23);2*1H. The van der Waals surface area contributed by atoms with E-state index in [1.54, 1.807) is 0 Å². The summed E-state index contributed by atoms with van der Waals surface area (Å²) in [5, 5.41) is 6.53. The summed E-state index contributed by atoms with van der Waals surface area (Å²) in [4.78, 5) is 14.8. The molecule has 1 heterocycles. The number of nitrogens with zero attached hydrogens (tertiary/aromatic N) is 1. The molecule has 0 spiro atoms. The Hall–Kier alpha value is -0.810. The fourth-order valence-electron chi connectivity index (χ4n) is 3.68. The maximum Gasteiger partial charge on any atom is 0.237 e. The molecule has 1 saturated heterocycles. The molecule has 2 atom stereocenters. The van der Waals surface area contributed by atoms with Gasteiger partial charge in [-0.2, -0.15) is 0 Å². The molecule has 2 N–H and O–H groups in total. The fraction of sp³-hybridized carbons (Fsp3) is 0.632. The van der Waals surface area contributed by atoms with Crippen molar-refractivity contribution in [2.45, 2.75) is 51.6 Å². The average Bonchev–Trinajstić information content (AvgIpc) is 2.61. The average molecular weight is 388 g/mol. The van der Waals surface area contributed by atoms with Crippen LogP contribution in [0.25, 0.3) is 0 Å². The first-order valence-electron chi connectivity index (χ1n) is 9.02. The topological polar surface area (TPSA) is 44.4 Å². The zero-order valence-electron chi connectivity index (χ0n) is 15.2. The molecule has 1 fully saturated rings. The highest BCUT2D eigenvalue weighted by Gasteiger charge is 2.24. The minimum Gasteiger partial charge on any atom is -0.348 e. The second-order valence-corrected chi connectivity index (χ2v) is 6.93. The molecule has 0 bridgehead atoms. The first-order chi connectivity index (χ1) is 11.1. The number of benzene rings is 1. The Balaban J connectivity index is 0.00000156. The number of rotatable bonds is 4. The number of hydrogen-bond donors (Lipinski definition) is 2. The van der Waals surface area contributed by atoms with Gasteiger partial charge in [0.1, 0.15) is 0 Å². The van der Waals surface area contributed by atoms with E-state index in [1.165, 1.54) is 42.4 Å². The van der Waals surface area contributed by atoms with Crippen LogP contribution in [0.3, 0.4) is 0 Å². The van der Waals surface area contributed by atoms with E-state index in [2.05, 4.69) is 40.7 Å². The zero-order chi connectivity index (χ0) is 16.2. The third kappa shape index (κ3) is 5.58. The van der Waals surface area contributed by atoms with Gasteiger partial charge in [-0.25, -0.2) is 0 Å². The van der Waals surface area contributed by atoms with Crippen LogP contribution in [-0.4, -0.2) is 43.0 Å². The summed E-state index contributed by atoms with van der Waals surface area (Å²) in [6.45, 7) is 7.94. The van der Waals surface area contributed by atoms with Crippen LogP contribution < -0.4 is 10.6 Å². The van der Waals surface area contributed by atoms with Gasteiger partial charge in [-0.1, -0.05) is 18.2 Å². The molecule has 1 amide bonds. The van der Waals surface area contributed by atoms with Crippen molar-refractivity contribution in [3.8, 4) is 0 Å². The van der Waals surface area contributed by atoms with Crippen molar-refractivity contribution < 1.29 is 4.79 Å². The lowest BCUT2D eigenvalue weighted by molar-refractivity contribution is -0.126. The second kappa shape index (κ2) is 10.4. The van der Waals surface area contributed by atoms with Gasteiger partial charge in [-0.3, -0.25) is 9.69 Å². The number of carbonyl (C=O) groups is 1. The van der Waals surface area contributed by atoms with Crippen molar-refractivity contribution in [1.29, 1.82) is 0 Å². The number of fused-ring (bicyclic) bond motifs is 1. The molecule has 0 saturated carbocycles. The molecule has 2 aliphatic rings. The van der Waals surface area contributed by atoms with Crippen LogP contribution in [0.1, 0.15) is 49.4 Å². The van der Waals surface area contributed by atoms with Gasteiger partial charge < -0.3 is 10.6 Å². The Kier molecular flexibility index (Phi) is 9.22. The van der Waals surface area contributed by atoms with Gasteiger partial charge in [-0.15, -0.1) is 24.8 Å².